The van der Waals surface area contributed by atoms with Gasteiger partial charge in [-0.05, 0) is 62.1 Å². The van der Waals surface area contributed by atoms with Gasteiger partial charge in [-0.2, -0.15) is 13.2 Å². The van der Waals surface area contributed by atoms with Crippen LogP contribution in [0.5, 0.6) is 5.75 Å². The number of piperidine rings is 1. The van der Waals surface area contributed by atoms with Gasteiger partial charge in [-0.25, -0.2) is 9.59 Å². The molecule has 0 aromatic heterocycles. The van der Waals surface area contributed by atoms with Crippen molar-refractivity contribution in [2.24, 2.45) is 0 Å². The van der Waals surface area contributed by atoms with Crippen molar-refractivity contribution in [2.75, 3.05) is 13.1 Å². The van der Waals surface area contributed by atoms with Crippen LogP contribution in [0.2, 0.25) is 0 Å². The van der Waals surface area contributed by atoms with Crippen molar-refractivity contribution in [2.45, 2.75) is 51.0 Å². The van der Waals surface area contributed by atoms with Crippen molar-refractivity contribution in [3.05, 3.63) is 65.2 Å². The van der Waals surface area contributed by atoms with E-state index in [2.05, 4.69) is 0 Å². The van der Waals surface area contributed by atoms with Crippen molar-refractivity contribution in [1.82, 2.24) is 4.90 Å². The summed E-state index contributed by atoms with van der Waals surface area (Å²) in [5, 5.41) is 9.27. The van der Waals surface area contributed by atoms with Crippen LogP contribution < -0.4 is 4.74 Å². The van der Waals surface area contributed by atoms with E-state index in [1.54, 1.807) is 18.2 Å². The van der Waals surface area contributed by atoms with Crippen LogP contribution in [-0.2, 0) is 22.3 Å². The van der Waals surface area contributed by atoms with Crippen LogP contribution in [0.3, 0.4) is 0 Å². The summed E-state index contributed by atoms with van der Waals surface area (Å²) in [6, 6.07) is 11.8. The topological polar surface area (TPSA) is 76.1 Å². The van der Waals surface area contributed by atoms with Crippen LogP contribution in [0.4, 0.5) is 18.0 Å². The van der Waals surface area contributed by atoms with Gasteiger partial charge in [0.15, 0.2) is 5.60 Å². The molecular formula is C24H26F3NO5. The first-order valence-corrected chi connectivity index (χ1v) is 10.6. The third-order valence-corrected chi connectivity index (χ3v) is 5.51. The van der Waals surface area contributed by atoms with Gasteiger partial charge < -0.3 is 19.5 Å². The van der Waals surface area contributed by atoms with Gasteiger partial charge in [0.25, 0.3) is 0 Å². The van der Waals surface area contributed by atoms with Gasteiger partial charge >= 0.3 is 18.2 Å². The van der Waals surface area contributed by atoms with E-state index in [1.165, 1.54) is 30.9 Å². The molecule has 0 saturated carbocycles. The molecule has 0 radical (unpaired) electrons. The molecule has 33 heavy (non-hydrogen) atoms. The first-order valence-electron chi connectivity index (χ1n) is 10.6. The van der Waals surface area contributed by atoms with Gasteiger partial charge in [-0.1, -0.05) is 24.3 Å². The largest absolute Gasteiger partial charge is 0.478 e. The Morgan fingerprint density at radius 2 is 1.85 bits per heavy atom. The third kappa shape index (κ3) is 6.40. The number of hydrogen-bond acceptors (Lipinski definition) is 4. The molecule has 9 heteroatoms. The number of carbonyl (C=O) groups excluding carboxylic acids is 1. The molecule has 1 aliphatic heterocycles. The van der Waals surface area contributed by atoms with E-state index in [4.69, 9.17) is 9.47 Å². The average Bonchev–Trinajstić information content (AvgIpc) is 2.77. The zero-order valence-electron chi connectivity index (χ0n) is 18.4. The minimum absolute atomic E-state index is 0.00338. The molecule has 1 unspecified atom stereocenters. The number of amides is 1. The number of ether oxygens (including phenoxy) is 2. The van der Waals surface area contributed by atoms with E-state index in [0.717, 1.165) is 30.5 Å². The van der Waals surface area contributed by atoms with Crippen molar-refractivity contribution in [3.63, 3.8) is 0 Å². The van der Waals surface area contributed by atoms with Crippen molar-refractivity contribution >= 4 is 12.1 Å². The number of aliphatic carboxylic acids is 1. The number of nitrogens with zero attached hydrogens (tertiary/aromatic N) is 1. The van der Waals surface area contributed by atoms with Crippen molar-refractivity contribution in [3.8, 4) is 5.75 Å². The van der Waals surface area contributed by atoms with Gasteiger partial charge in [0.1, 0.15) is 12.4 Å². The molecule has 0 bridgehead atoms. The maximum atomic E-state index is 12.9. The zero-order valence-corrected chi connectivity index (χ0v) is 18.4. The molecule has 1 N–H and O–H groups in total. The van der Waals surface area contributed by atoms with E-state index in [1.807, 2.05) is 6.07 Å². The Bertz CT molecular complexity index is 1010. The Hall–Kier alpha value is -3.23. The maximum absolute atomic E-state index is 12.9. The molecule has 3 rings (SSSR count). The number of carbonyl (C=O) groups is 2. The first-order chi connectivity index (χ1) is 15.5. The molecule has 1 fully saturated rings. The number of rotatable bonds is 6. The summed E-state index contributed by atoms with van der Waals surface area (Å²) in [7, 11) is 0. The van der Waals surface area contributed by atoms with Gasteiger partial charge in [-0.15, -0.1) is 0 Å². The molecule has 6 nitrogen and oxygen atoms in total. The summed E-state index contributed by atoms with van der Waals surface area (Å²) in [5.74, 6) is -0.666. The smallest absolute Gasteiger partial charge is 0.416 e. The molecule has 0 spiro atoms. The molecule has 1 aliphatic rings. The highest BCUT2D eigenvalue weighted by atomic mass is 19.4. The minimum atomic E-state index is -4.46. The van der Waals surface area contributed by atoms with E-state index in [9.17, 15) is 27.9 Å². The van der Waals surface area contributed by atoms with Gasteiger partial charge in [0, 0.05) is 19.0 Å². The quantitative estimate of drug-likeness (QED) is 0.613. The normalized spacial score (nSPS) is 16.9. The number of likely N-dealkylation sites (tertiary alicyclic amines) is 1. The van der Waals surface area contributed by atoms with Crippen LogP contribution in [0, 0.1) is 0 Å². The lowest BCUT2D eigenvalue weighted by atomic mass is 9.90. The fourth-order valence-electron chi connectivity index (χ4n) is 3.66. The number of carboxylic acid groups (broad SMARTS) is 1. The zero-order chi connectivity index (χ0) is 24.2. The highest BCUT2D eigenvalue weighted by Crippen LogP contribution is 2.31. The number of carboxylic acids is 1. The summed E-state index contributed by atoms with van der Waals surface area (Å²) in [6.07, 6.45) is -3.49. The third-order valence-electron chi connectivity index (χ3n) is 5.51. The second-order valence-electron chi connectivity index (χ2n) is 8.53. The number of halogens is 3. The van der Waals surface area contributed by atoms with Crippen LogP contribution in [0.25, 0.3) is 0 Å². The number of alkyl halides is 3. The van der Waals surface area contributed by atoms with Crippen molar-refractivity contribution in [1.29, 1.82) is 0 Å². The Morgan fingerprint density at radius 3 is 2.55 bits per heavy atom. The summed E-state index contributed by atoms with van der Waals surface area (Å²) in [5.41, 5.74) is -1.01. The second-order valence-corrected chi connectivity index (χ2v) is 8.53. The summed E-state index contributed by atoms with van der Waals surface area (Å²) < 4.78 is 49.5. The SMILES string of the molecule is CC(C)(Oc1cccc(C2CCCN(C(=O)OCc3cccc(C(F)(F)F)c3)C2)c1)C(=O)O. The lowest BCUT2D eigenvalue weighted by Gasteiger charge is -2.32. The van der Waals surface area contributed by atoms with Crippen LogP contribution in [0.1, 0.15) is 49.3 Å². The van der Waals surface area contributed by atoms with Crippen molar-refractivity contribution < 1.29 is 37.3 Å². The van der Waals surface area contributed by atoms with Crippen LogP contribution in [-0.4, -0.2) is 40.8 Å². The van der Waals surface area contributed by atoms with Gasteiger partial charge in [-0.3, -0.25) is 0 Å². The first kappa shape index (κ1) is 24.4. The predicted octanol–water partition coefficient (Wildman–Crippen LogP) is 5.46. The molecule has 1 heterocycles. The molecular weight excluding hydrogens is 439 g/mol. The maximum Gasteiger partial charge on any atom is 0.416 e. The second kappa shape index (κ2) is 9.72. The summed E-state index contributed by atoms with van der Waals surface area (Å²) >= 11 is 0. The lowest BCUT2D eigenvalue weighted by Crippen LogP contribution is -2.39. The average molecular weight is 465 g/mol. The van der Waals surface area contributed by atoms with Crippen LogP contribution in [0.15, 0.2) is 48.5 Å². The number of benzene rings is 2. The van der Waals surface area contributed by atoms with Gasteiger partial charge in [0.2, 0.25) is 0 Å². The van der Waals surface area contributed by atoms with E-state index in [0.29, 0.717) is 18.8 Å². The molecule has 2 aromatic carbocycles. The van der Waals surface area contributed by atoms with E-state index in [-0.39, 0.29) is 18.1 Å². The molecule has 178 valence electrons. The molecule has 0 aliphatic carbocycles. The minimum Gasteiger partial charge on any atom is -0.478 e. The predicted molar refractivity (Wildman–Crippen MR) is 114 cm³/mol. The molecule has 1 atom stereocenters. The fraction of sp³-hybridized carbons (Fsp3) is 0.417. The monoisotopic (exact) mass is 465 g/mol. The highest BCUT2D eigenvalue weighted by molar-refractivity contribution is 5.76. The Balaban J connectivity index is 1.62. The summed E-state index contributed by atoms with van der Waals surface area (Å²) in [6.45, 7) is 3.54. The molecule has 2 aromatic rings. The fourth-order valence-corrected chi connectivity index (χ4v) is 3.66. The Labute approximate surface area is 189 Å². The Morgan fingerprint density at radius 1 is 1.12 bits per heavy atom. The van der Waals surface area contributed by atoms with E-state index >= 15 is 0 Å². The van der Waals surface area contributed by atoms with Crippen LogP contribution >= 0.6 is 0 Å². The molecule has 1 saturated heterocycles. The number of hydrogen-bond donors (Lipinski definition) is 1. The van der Waals surface area contributed by atoms with E-state index < -0.39 is 29.4 Å². The standard InChI is InChI=1S/C24H26F3NO5/c1-23(2,21(29)30)33-20-10-4-7-17(13-20)18-8-5-11-28(14-18)22(31)32-15-16-6-3-9-19(12-16)24(25,26)27/h3-4,6-7,9-10,12-13,18H,5,8,11,14-15H2,1-2H3,(H,29,30). The lowest BCUT2D eigenvalue weighted by molar-refractivity contribution is -0.152. The highest BCUT2D eigenvalue weighted by Gasteiger charge is 2.31. The Kier molecular flexibility index (Phi) is 7.19. The van der Waals surface area contributed by atoms with Gasteiger partial charge in [0.05, 0.1) is 5.56 Å². The summed E-state index contributed by atoms with van der Waals surface area (Å²) in [4.78, 5) is 25.4. The molecule has 1 amide bonds.